The van der Waals surface area contributed by atoms with Crippen molar-refractivity contribution < 1.29 is 9.53 Å². The summed E-state index contributed by atoms with van der Waals surface area (Å²) in [5, 5.41) is 0. The summed E-state index contributed by atoms with van der Waals surface area (Å²) in [6.07, 6.45) is 2.73. The summed E-state index contributed by atoms with van der Waals surface area (Å²) < 4.78 is 4.80. The second-order valence-corrected chi connectivity index (χ2v) is 4.15. The first-order chi connectivity index (χ1) is 6.34. The highest BCUT2D eigenvalue weighted by Crippen LogP contribution is 2.19. The second kappa shape index (κ2) is 5.15. The van der Waals surface area contributed by atoms with Crippen LogP contribution in [0.4, 0.5) is 0 Å². The molecule has 0 spiro atoms. The van der Waals surface area contributed by atoms with Gasteiger partial charge in [-0.25, -0.2) is 0 Å². The van der Waals surface area contributed by atoms with E-state index in [1.54, 1.807) is 0 Å². The van der Waals surface area contributed by atoms with E-state index >= 15 is 0 Å². The third-order valence-electron chi connectivity index (χ3n) is 2.52. The number of nitrogens with zero attached hydrogens (tertiary/aromatic N) is 1. The van der Waals surface area contributed by atoms with E-state index in [1.165, 1.54) is 12.7 Å². The zero-order valence-corrected chi connectivity index (χ0v) is 10.0. The molecule has 0 aliphatic rings. The molecule has 0 aromatic carbocycles. The average molecular weight is 199 g/mol. The van der Waals surface area contributed by atoms with Crippen LogP contribution >= 0.6 is 0 Å². The third-order valence-corrected chi connectivity index (χ3v) is 2.52. The van der Waals surface area contributed by atoms with E-state index in [-0.39, 0.29) is 5.97 Å². The van der Waals surface area contributed by atoms with E-state index in [0.29, 0.717) is 6.42 Å². The Kier molecular flexibility index (Phi) is 4.85. The lowest BCUT2D eigenvalue weighted by Gasteiger charge is -2.32. The van der Waals surface area contributed by atoms with Crippen LogP contribution in [0.15, 0.2) is 11.6 Å². The number of carbonyl (C=O) groups is 1. The van der Waals surface area contributed by atoms with Gasteiger partial charge in [0.25, 0.3) is 0 Å². The molecule has 0 bridgehead atoms. The maximum Gasteiger partial charge on any atom is 0.326 e. The van der Waals surface area contributed by atoms with E-state index in [2.05, 4.69) is 6.08 Å². The van der Waals surface area contributed by atoms with Crippen LogP contribution in [0.2, 0.25) is 0 Å². The molecule has 0 amide bonds. The minimum absolute atomic E-state index is 0.194. The molecule has 0 radical (unpaired) electrons. The molecule has 0 unspecified atom stereocenters. The van der Waals surface area contributed by atoms with Crippen LogP contribution in [0.1, 0.15) is 27.2 Å². The van der Waals surface area contributed by atoms with Gasteiger partial charge < -0.3 is 4.74 Å². The molecule has 82 valence electrons. The Bertz CT molecular complexity index is 229. The summed E-state index contributed by atoms with van der Waals surface area (Å²) in [4.78, 5) is 13.5. The lowest BCUT2D eigenvalue weighted by Crippen LogP contribution is -2.48. The Labute approximate surface area is 86.7 Å². The Morgan fingerprint density at radius 3 is 2.21 bits per heavy atom. The van der Waals surface area contributed by atoms with Gasteiger partial charge in [-0.2, -0.15) is 0 Å². The zero-order chi connectivity index (χ0) is 11.4. The highest BCUT2D eigenvalue weighted by molar-refractivity contribution is 5.80. The number of hydrogen-bond acceptors (Lipinski definition) is 3. The Morgan fingerprint density at radius 1 is 1.43 bits per heavy atom. The van der Waals surface area contributed by atoms with E-state index in [0.717, 1.165) is 0 Å². The maximum atomic E-state index is 11.6. The van der Waals surface area contributed by atoms with Crippen molar-refractivity contribution in [2.75, 3.05) is 21.2 Å². The number of likely N-dealkylation sites (N-methyl/N-ethyl adjacent to an activating group) is 1. The molecule has 0 saturated heterocycles. The van der Waals surface area contributed by atoms with Gasteiger partial charge in [-0.15, -0.1) is 0 Å². The SMILES string of the molecule is COC(=O)[C@](C)(CC=C(C)C)N(C)C. The molecule has 3 heteroatoms. The first-order valence-corrected chi connectivity index (χ1v) is 4.74. The molecular formula is C11H21NO2. The largest absolute Gasteiger partial charge is 0.468 e. The van der Waals surface area contributed by atoms with Crippen molar-refractivity contribution in [2.24, 2.45) is 0 Å². The summed E-state index contributed by atoms with van der Waals surface area (Å²) in [5.41, 5.74) is 0.647. The second-order valence-electron chi connectivity index (χ2n) is 4.15. The summed E-state index contributed by atoms with van der Waals surface area (Å²) in [7, 11) is 5.19. The number of carbonyl (C=O) groups excluding carboxylic acids is 1. The first-order valence-electron chi connectivity index (χ1n) is 4.74. The predicted octanol–water partition coefficient (Wildman–Crippen LogP) is 1.84. The topological polar surface area (TPSA) is 29.5 Å². The predicted molar refractivity (Wildman–Crippen MR) is 58.2 cm³/mol. The van der Waals surface area contributed by atoms with E-state index in [4.69, 9.17) is 4.74 Å². The van der Waals surface area contributed by atoms with Crippen LogP contribution in [0.25, 0.3) is 0 Å². The Hall–Kier alpha value is -0.830. The van der Waals surface area contributed by atoms with Crippen LogP contribution in [0, 0.1) is 0 Å². The van der Waals surface area contributed by atoms with Crippen molar-refractivity contribution in [3.63, 3.8) is 0 Å². The number of hydrogen-bond donors (Lipinski definition) is 0. The minimum atomic E-state index is -0.563. The number of ether oxygens (including phenoxy) is 1. The lowest BCUT2D eigenvalue weighted by molar-refractivity contribution is -0.152. The van der Waals surface area contributed by atoms with Gasteiger partial charge in [0.05, 0.1) is 7.11 Å². The van der Waals surface area contributed by atoms with Gasteiger partial charge in [-0.3, -0.25) is 9.69 Å². The minimum Gasteiger partial charge on any atom is -0.468 e. The molecule has 14 heavy (non-hydrogen) atoms. The van der Waals surface area contributed by atoms with E-state index in [9.17, 15) is 4.79 Å². The molecule has 1 atom stereocenters. The standard InChI is InChI=1S/C11H21NO2/c1-9(2)7-8-11(3,12(4)5)10(13)14-6/h7H,8H2,1-6H3/t11-/m0/s1. The Balaban J connectivity index is 4.73. The van der Waals surface area contributed by atoms with Crippen LogP contribution in [-0.2, 0) is 9.53 Å². The van der Waals surface area contributed by atoms with Crippen LogP contribution in [0.5, 0.6) is 0 Å². The molecule has 0 aromatic heterocycles. The van der Waals surface area contributed by atoms with E-state index in [1.807, 2.05) is 39.8 Å². The summed E-state index contributed by atoms with van der Waals surface area (Å²) in [5.74, 6) is -0.194. The number of rotatable bonds is 4. The number of esters is 1. The smallest absolute Gasteiger partial charge is 0.326 e. The average Bonchev–Trinajstić information content (AvgIpc) is 2.12. The van der Waals surface area contributed by atoms with Crippen molar-refractivity contribution in [3.05, 3.63) is 11.6 Å². The van der Waals surface area contributed by atoms with Crippen molar-refractivity contribution in [3.8, 4) is 0 Å². The molecular weight excluding hydrogens is 178 g/mol. The molecule has 0 fully saturated rings. The fraction of sp³-hybridized carbons (Fsp3) is 0.727. The number of methoxy groups -OCH3 is 1. The molecule has 0 aliphatic heterocycles. The molecule has 0 heterocycles. The van der Waals surface area contributed by atoms with Gasteiger partial charge in [0.1, 0.15) is 5.54 Å². The fourth-order valence-electron chi connectivity index (χ4n) is 1.07. The first kappa shape index (κ1) is 13.2. The normalized spacial score (nSPS) is 14.8. The van der Waals surface area contributed by atoms with Crippen molar-refractivity contribution in [2.45, 2.75) is 32.7 Å². The monoisotopic (exact) mass is 199 g/mol. The van der Waals surface area contributed by atoms with Crippen molar-refractivity contribution >= 4 is 5.97 Å². The van der Waals surface area contributed by atoms with Gasteiger partial charge >= 0.3 is 5.97 Å². The van der Waals surface area contributed by atoms with Crippen molar-refractivity contribution in [1.82, 2.24) is 4.90 Å². The number of allylic oxidation sites excluding steroid dienone is 1. The molecule has 0 N–H and O–H groups in total. The van der Waals surface area contributed by atoms with Crippen LogP contribution in [0.3, 0.4) is 0 Å². The molecule has 0 rings (SSSR count). The maximum absolute atomic E-state index is 11.6. The molecule has 0 saturated carbocycles. The molecule has 0 aliphatic carbocycles. The van der Waals surface area contributed by atoms with Gasteiger partial charge in [0.15, 0.2) is 0 Å². The summed E-state index contributed by atoms with van der Waals surface area (Å²) in [6, 6.07) is 0. The fourth-order valence-corrected chi connectivity index (χ4v) is 1.07. The van der Waals surface area contributed by atoms with Gasteiger partial charge in [0.2, 0.25) is 0 Å². The summed E-state index contributed by atoms with van der Waals surface area (Å²) >= 11 is 0. The van der Waals surface area contributed by atoms with Crippen LogP contribution in [-0.4, -0.2) is 37.6 Å². The van der Waals surface area contributed by atoms with Gasteiger partial charge in [0, 0.05) is 0 Å². The molecule has 3 nitrogen and oxygen atoms in total. The van der Waals surface area contributed by atoms with Crippen molar-refractivity contribution in [1.29, 1.82) is 0 Å². The lowest BCUT2D eigenvalue weighted by atomic mass is 9.95. The van der Waals surface area contributed by atoms with Crippen LogP contribution < -0.4 is 0 Å². The zero-order valence-electron chi connectivity index (χ0n) is 10.0. The van der Waals surface area contributed by atoms with Gasteiger partial charge in [-0.1, -0.05) is 11.6 Å². The third kappa shape index (κ3) is 3.14. The quantitative estimate of drug-likeness (QED) is 0.511. The molecule has 0 aromatic rings. The Morgan fingerprint density at radius 2 is 1.93 bits per heavy atom. The highest BCUT2D eigenvalue weighted by atomic mass is 16.5. The van der Waals surface area contributed by atoms with E-state index < -0.39 is 5.54 Å². The summed E-state index contributed by atoms with van der Waals surface area (Å²) in [6.45, 7) is 5.93. The van der Waals surface area contributed by atoms with Gasteiger partial charge in [-0.05, 0) is 41.3 Å². The highest BCUT2D eigenvalue weighted by Gasteiger charge is 2.35.